The SMILES string of the molecule is CNCOCC(=O)NCC(=O)NCOCC/C(N)=C/N(N)Cc1c2c(nc3cc(F)c(C)cc13)/C(=C/C1=C(C=O)COC(=O)C1O)N(C)C2. The van der Waals surface area contributed by atoms with Crippen LogP contribution in [0.5, 0.6) is 0 Å². The number of hydrogen-bond donors (Lipinski definition) is 6. The molecule has 0 spiro atoms. The zero-order valence-electron chi connectivity index (χ0n) is 27.5. The number of aromatic nitrogens is 1. The minimum atomic E-state index is -1.65. The number of carbonyl (C=O) groups is 4. The lowest BCUT2D eigenvalue weighted by Gasteiger charge is -2.21. The van der Waals surface area contributed by atoms with Crippen LogP contribution in [0.15, 0.2) is 41.3 Å². The van der Waals surface area contributed by atoms with Gasteiger partial charge in [-0.15, -0.1) is 0 Å². The number of aryl methyl sites for hydroxylation is 1. The quantitative estimate of drug-likeness (QED) is 0.0317. The smallest absolute Gasteiger partial charge is 0.340 e. The Balaban J connectivity index is 1.45. The Morgan fingerprint density at radius 3 is 2.76 bits per heavy atom. The maximum absolute atomic E-state index is 14.7. The zero-order valence-corrected chi connectivity index (χ0v) is 27.5. The molecule has 0 saturated carbocycles. The van der Waals surface area contributed by atoms with Gasteiger partial charge in [0.2, 0.25) is 11.8 Å². The van der Waals surface area contributed by atoms with Crippen molar-refractivity contribution in [2.75, 3.05) is 53.9 Å². The summed E-state index contributed by atoms with van der Waals surface area (Å²) in [6.07, 6.45) is 2.26. The molecule has 49 heavy (non-hydrogen) atoms. The van der Waals surface area contributed by atoms with E-state index in [0.717, 1.165) is 11.1 Å². The highest BCUT2D eigenvalue weighted by Crippen LogP contribution is 2.38. The Kier molecular flexibility index (Phi) is 12.8. The number of nitrogens with one attached hydrogen (secondary N) is 3. The van der Waals surface area contributed by atoms with Crippen molar-refractivity contribution in [1.82, 2.24) is 30.8 Å². The van der Waals surface area contributed by atoms with Crippen LogP contribution in [-0.2, 0) is 46.5 Å². The predicted octanol–water partition coefficient (Wildman–Crippen LogP) is -0.852. The Morgan fingerprint density at radius 2 is 2.02 bits per heavy atom. The van der Waals surface area contributed by atoms with Crippen molar-refractivity contribution in [2.24, 2.45) is 11.6 Å². The molecule has 264 valence electrons. The van der Waals surface area contributed by atoms with Gasteiger partial charge in [0.1, 0.15) is 32.0 Å². The molecule has 2 aliphatic rings. The number of ether oxygens (including phenoxy) is 3. The summed E-state index contributed by atoms with van der Waals surface area (Å²) in [5.74, 6) is 4.22. The number of benzene rings is 1. The molecule has 8 N–H and O–H groups in total. The van der Waals surface area contributed by atoms with Gasteiger partial charge in [0, 0.05) is 60.1 Å². The molecular weight excluding hydrogens is 643 g/mol. The number of halogens is 1. The molecule has 1 unspecified atom stereocenters. The van der Waals surface area contributed by atoms with Crippen LogP contribution in [0.2, 0.25) is 0 Å². The van der Waals surface area contributed by atoms with Crippen LogP contribution in [0, 0.1) is 12.7 Å². The third-order valence-corrected chi connectivity index (χ3v) is 7.73. The van der Waals surface area contributed by atoms with E-state index < -0.39 is 29.7 Å². The van der Waals surface area contributed by atoms with Crippen molar-refractivity contribution in [1.29, 1.82) is 0 Å². The van der Waals surface area contributed by atoms with Gasteiger partial charge in [-0.25, -0.2) is 20.0 Å². The summed E-state index contributed by atoms with van der Waals surface area (Å²) in [7, 11) is 3.47. The van der Waals surface area contributed by atoms with Crippen LogP contribution in [0.1, 0.15) is 28.8 Å². The number of esters is 1. The highest BCUT2D eigenvalue weighted by atomic mass is 19.1. The fourth-order valence-corrected chi connectivity index (χ4v) is 5.22. The van der Waals surface area contributed by atoms with Crippen molar-refractivity contribution in [3.05, 3.63) is 69.5 Å². The Morgan fingerprint density at radius 1 is 1.24 bits per heavy atom. The number of rotatable bonds is 16. The molecule has 0 aliphatic carbocycles. The van der Waals surface area contributed by atoms with Gasteiger partial charge >= 0.3 is 5.97 Å². The minimum absolute atomic E-state index is 0.0948. The molecular formula is C32H41FN8O8. The summed E-state index contributed by atoms with van der Waals surface area (Å²) in [6.45, 7) is 1.81. The number of cyclic esters (lactones) is 1. The molecule has 3 heterocycles. The average Bonchev–Trinajstić information content (AvgIpc) is 3.37. The first-order chi connectivity index (χ1) is 23.4. The van der Waals surface area contributed by atoms with Crippen LogP contribution < -0.4 is 27.5 Å². The second-order valence-electron chi connectivity index (χ2n) is 11.4. The minimum Gasteiger partial charge on any atom is -0.459 e. The molecule has 2 amide bonds. The maximum Gasteiger partial charge on any atom is 0.340 e. The number of pyridine rings is 1. The van der Waals surface area contributed by atoms with E-state index in [4.69, 9.17) is 30.8 Å². The Labute approximate surface area is 281 Å². The highest BCUT2D eigenvalue weighted by Gasteiger charge is 2.33. The Bertz CT molecular complexity index is 1690. The summed E-state index contributed by atoms with van der Waals surface area (Å²) in [5, 5.41) is 20.3. The van der Waals surface area contributed by atoms with Gasteiger partial charge in [0.25, 0.3) is 0 Å². The van der Waals surface area contributed by atoms with E-state index in [1.807, 2.05) is 4.90 Å². The summed E-state index contributed by atoms with van der Waals surface area (Å²) in [5.41, 5.74) is 10.2. The first-order valence-corrected chi connectivity index (χ1v) is 15.3. The second-order valence-corrected chi connectivity index (χ2v) is 11.4. The zero-order chi connectivity index (χ0) is 35.7. The van der Waals surface area contributed by atoms with Gasteiger partial charge in [-0.1, -0.05) is 0 Å². The van der Waals surface area contributed by atoms with Gasteiger partial charge in [0.05, 0.1) is 43.3 Å². The number of nitrogens with zero attached hydrogens (tertiary/aromatic N) is 3. The molecule has 0 saturated heterocycles. The monoisotopic (exact) mass is 684 g/mol. The summed E-state index contributed by atoms with van der Waals surface area (Å²) in [4.78, 5) is 53.9. The number of aldehydes is 1. The first-order valence-electron chi connectivity index (χ1n) is 15.3. The topological polar surface area (TPSA) is 224 Å². The molecule has 4 rings (SSSR count). The largest absolute Gasteiger partial charge is 0.459 e. The van der Waals surface area contributed by atoms with E-state index >= 15 is 0 Å². The van der Waals surface area contributed by atoms with E-state index in [9.17, 15) is 28.7 Å². The molecule has 1 aromatic carbocycles. The molecule has 1 aromatic heterocycles. The van der Waals surface area contributed by atoms with Crippen LogP contribution >= 0.6 is 0 Å². The van der Waals surface area contributed by atoms with Crippen molar-refractivity contribution in [2.45, 2.75) is 32.5 Å². The van der Waals surface area contributed by atoms with E-state index in [1.165, 1.54) is 17.2 Å². The first kappa shape index (κ1) is 36.9. The number of hydrogen-bond acceptors (Lipinski definition) is 14. The van der Waals surface area contributed by atoms with Crippen LogP contribution in [0.4, 0.5) is 4.39 Å². The van der Waals surface area contributed by atoms with Gasteiger partial charge in [-0.05, 0) is 37.2 Å². The average molecular weight is 685 g/mol. The summed E-state index contributed by atoms with van der Waals surface area (Å²) < 4.78 is 30.1. The van der Waals surface area contributed by atoms with Crippen molar-refractivity contribution >= 4 is 40.7 Å². The molecule has 0 bridgehead atoms. The maximum atomic E-state index is 14.7. The number of hydrazine groups is 1. The van der Waals surface area contributed by atoms with Gasteiger partial charge < -0.3 is 45.6 Å². The van der Waals surface area contributed by atoms with Crippen molar-refractivity contribution in [3.8, 4) is 0 Å². The Hall–Kier alpha value is -4.94. The molecule has 17 heteroatoms. The fourth-order valence-electron chi connectivity index (χ4n) is 5.22. The van der Waals surface area contributed by atoms with Crippen LogP contribution in [-0.4, -0.2) is 104 Å². The number of carbonyl (C=O) groups excluding carboxylic acids is 4. The predicted molar refractivity (Wildman–Crippen MR) is 174 cm³/mol. The molecule has 0 radical (unpaired) electrons. The lowest BCUT2D eigenvalue weighted by Crippen LogP contribution is -2.39. The van der Waals surface area contributed by atoms with E-state index in [1.54, 1.807) is 33.3 Å². The third-order valence-electron chi connectivity index (χ3n) is 7.73. The molecule has 2 aliphatic heterocycles. The second kappa shape index (κ2) is 16.9. The lowest BCUT2D eigenvalue weighted by molar-refractivity contribution is -0.152. The molecule has 1 atom stereocenters. The fraction of sp³-hybridized carbons (Fsp3) is 0.406. The standard InChI is InChI=1S/C32H41FN8O8/c1-18-6-22-23(12-41(35)10-20(34)4-5-47-17-38-28(43)9-37-29(44)15-48-16-36-2)24-11-40(3)27(30(24)39-26(22)8-25(18)33)7-21-19(13-42)14-49-32(46)31(21)45/h6-8,10,13,31,36,45H,4-5,9,11-12,14-17,34-35H2,1-3H3,(H,37,44)(H,38,43)/b20-10-,27-7-. The van der Waals surface area contributed by atoms with Crippen LogP contribution in [0.25, 0.3) is 16.6 Å². The number of aliphatic hydroxyl groups excluding tert-OH is 1. The normalized spacial score (nSPS) is 17.0. The van der Waals surface area contributed by atoms with Crippen LogP contribution in [0.3, 0.4) is 0 Å². The van der Waals surface area contributed by atoms with Gasteiger partial charge in [0.15, 0.2) is 6.10 Å². The highest BCUT2D eigenvalue weighted by molar-refractivity contribution is 5.91. The summed E-state index contributed by atoms with van der Waals surface area (Å²) >= 11 is 0. The number of fused-ring (bicyclic) bond motifs is 2. The lowest BCUT2D eigenvalue weighted by atomic mass is 9.97. The van der Waals surface area contributed by atoms with E-state index in [0.29, 0.717) is 46.4 Å². The molecule has 2 aromatic rings. The van der Waals surface area contributed by atoms with E-state index in [-0.39, 0.29) is 63.9 Å². The number of amides is 2. The van der Waals surface area contributed by atoms with E-state index in [2.05, 4.69) is 16.0 Å². The third kappa shape index (κ3) is 9.36. The molecule has 16 nitrogen and oxygen atoms in total. The number of nitrogens with two attached hydrogens (primary N) is 2. The van der Waals surface area contributed by atoms with Crippen molar-refractivity contribution in [3.63, 3.8) is 0 Å². The van der Waals surface area contributed by atoms with Crippen molar-refractivity contribution < 1.29 is 42.9 Å². The molecule has 0 fully saturated rings. The van der Waals surface area contributed by atoms with Gasteiger partial charge in [-0.2, -0.15) is 0 Å². The number of aliphatic hydroxyl groups is 1. The van der Waals surface area contributed by atoms with Gasteiger partial charge in [-0.3, -0.25) is 19.7 Å². The summed E-state index contributed by atoms with van der Waals surface area (Å²) in [6, 6.07) is 3.04.